The minimum absolute atomic E-state index is 0.183. The highest BCUT2D eigenvalue weighted by Gasteiger charge is 2.11. The standard InChI is InChI=1S/C19H22ClNO3.C4H4O4/c1-13(10-14-6-8-15(9-7-14)19(23)24-2)21-12-18(22)16-4-3-5-17(20)11-16;5-3(6)1-2-4(7)8/h3-9,11,13,18,21-22H,10,12H2,1-2H3;1-2H,(H,5,6)(H,7,8)/b;2-1+/t13?,18-;/m0./s1. The molecule has 8 nitrogen and oxygen atoms in total. The van der Waals surface area contributed by atoms with Crippen LogP contribution < -0.4 is 5.32 Å². The van der Waals surface area contributed by atoms with Gasteiger partial charge in [0.25, 0.3) is 0 Å². The second-order valence-corrected chi connectivity index (χ2v) is 7.22. The maximum atomic E-state index is 11.4. The Balaban J connectivity index is 0.000000547. The molecule has 1 unspecified atom stereocenters. The summed E-state index contributed by atoms with van der Waals surface area (Å²) >= 11 is 5.94. The molecule has 172 valence electrons. The van der Waals surface area contributed by atoms with Crippen LogP contribution in [0.5, 0.6) is 0 Å². The van der Waals surface area contributed by atoms with Gasteiger partial charge in [0.05, 0.1) is 18.8 Å². The van der Waals surface area contributed by atoms with E-state index in [9.17, 15) is 19.5 Å². The van der Waals surface area contributed by atoms with E-state index in [4.69, 9.17) is 21.8 Å². The first-order chi connectivity index (χ1) is 15.1. The first-order valence-electron chi connectivity index (χ1n) is 9.60. The third kappa shape index (κ3) is 10.7. The molecule has 0 fully saturated rings. The molecule has 4 N–H and O–H groups in total. The number of carboxylic acids is 2. The second-order valence-electron chi connectivity index (χ2n) is 6.78. The molecule has 0 saturated carbocycles. The van der Waals surface area contributed by atoms with E-state index >= 15 is 0 Å². The SMILES string of the molecule is COC(=O)c1ccc(CC(C)NC[C@H](O)c2cccc(Cl)c2)cc1.O=C(O)/C=C/C(=O)O. The van der Waals surface area contributed by atoms with Gasteiger partial charge >= 0.3 is 17.9 Å². The minimum atomic E-state index is -1.26. The van der Waals surface area contributed by atoms with Gasteiger partial charge in [-0.25, -0.2) is 14.4 Å². The van der Waals surface area contributed by atoms with Crippen LogP contribution in [0.2, 0.25) is 5.02 Å². The summed E-state index contributed by atoms with van der Waals surface area (Å²) in [5.74, 6) is -2.85. The number of ether oxygens (including phenoxy) is 1. The van der Waals surface area contributed by atoms with Crippen molar-refractivity contribution in [3.05, 3.63) is 82.4 Å². The number of nitrogens with one attached hydrogen (secondary N) is 1. The van der Waals surface area contributed by atoms with Crippen LogP contribution in [-0.2, 0) is 20.7 Å². The van der Waals surface area contributed by atoms with Crippen molar-refractivity contribution >= 4 is 29.5 Å². The summed E-state index contributed by atoms with van der Waals surface area (Å²) in [5, 5.41) is 29.8. The number of carbonyl (C=O) groups excluding carboxylic acids is 1. The number of carbonyl (C=O) groups is 3. The van der Waals surface area contributed by atoms with Crippen molar-refractivity contribution in [2.24, 2.45) is 0 Å². The fraction of sp³-hybridized carbons (Fsp3) is 0.261. The fourth-order valence-corrected chi connectivity index (χ4v) is 2.81. The van der Waals surface area contributed by atoms with Gasteiger partial charge in [0, 0.05) is 29.8 Å². The smallest absolute Gasteiger partial charge is 0.337 e. The molecule has 0 aliphatic rings. The molecule has 0 saturated heterocycles. The molecule has 0 aliphatic carbocycles. The van der Waals surface area contributed by atoms with Crippen molar-refractivity contribution < 1.29 is 34.4 Å². The quantitative estimate of drug-likeness (QED) is 0.329. The Morgan fingerprint density at radius 1 is 1.06 bits per heavy atom. The number of rotatable bonds is 9. The Labute approximate surface area is 191 Å². The van der Waals surface area contributed by atoms with Gasteiger partial charge in [-0.3, -0.25) is 0 Å². The number of carboxylic acid groups (broad SMARTS) is 2. The van der Waals surface area contributed by atoms with E-state index in [2.05, 4.69) is 17.0 Å². The van der Waals surface area contributed by atoms with Crippen LogP contribution >= 0.6 is 11.6 Å². The molecule has 32 heavy (non-hydrogen) atoms. The number of aliphatic hydroxyl groups excluding tert-OH is 1. The third-order valence-corrected chi connectivity index (χ3v) is 4.41. The van der Waals surface area contributed by atoms with E-state index in [-0.39, 0.29) is 12.0 Å². The van der Waals surface area contributed by atoms with E-state index < -0.39 is 18.0 Å². The molecule has 2 aromatic rings. The number of halogens is 1. The van der Waals surface area contributed by atoms with Crippen LogP contribution in [0.1, 0.15) is 34.5 Å². The molecule has 9 heteroatoms. The second kappa shape index (κ2) is 14.0. The zero-order valence-corrected chi connectivity index (χ0v) is 18.5. The van der Waals surface area contributed by atoms with Gasteiger partial charge in [-0.05, 0) is 48.7 Å². The lowest BCUT2D eigenvalue weighted by Gasteiger charge is -2.18. The van der Waals surface area contributed by atoms with E-state index in [1.807, 2.05) is 24.3 Å². The highest BCUT2D eigenvalue weighted by molar-refractivity contribution is 6.30. The van der Waals surface area contributed by atoms with Gasteiger partial charge < -0.3 is 25.4 Å². The van der Waals surface area contributed by atoms with E-state index in [0.29, 0.717) is 29.3 Å². The van der Waals surface area contributed by atoms with Crippen molar-refractivity contribution in [3.8, 4) is 0 Å². The van der Waals surface area contributed by atoms with Crippen molar-refractivity contribution in [2.45, 2.75) is 25.5 Å². The summed E-state index contributed by atoms with van der Waals surface area (Å²) in [4.78, 5) is 30.5. The van der Waals surface area contributed by atoms with Crippen LogP contribution in [0, 0.1) is 0 Å². The van der Waals surface area contributed by atoms with Crippen molar-refractivity contribution in [3.63, 3.8) is 0 Å². The van der Waals surface area contributed by atoms with Crippen LogP contribution in [0.15, 0.2) is 60.7 Å². The molecule has 0 aromatic heterocycles. The van der Waals surface area contributed by atoms with Crippen molar-refractivity contribution in [1.82, 2.24) is 5.32 Å². The fourth-order valence-electron chi connectivity index (χ4n) is 2.61. The van der Waals surface area contributed by atoms with Crippen molar-refractivity contribution in [1.29, 1.82) is 0 Å². The lowest BCUT2D eigenvalue weighted by atomic mass is 10.0. The summed E-state index contributed by atoms with van der Waals surface area (Å²) in [7, 11) is 1.37. The lowest BCUT2D eigenvalue weighted by Crippen LogP contribution is -2.32. The monoisotopic (exact) mass is 463 g/mol. The molecule has 2 aromatic carbocycles. The van der Waals surface area contributed by atoms with Gasteiger partial charge in [-0.15, -0.1) is 0 Å². The molecule has 2 rings (SSSR count). The summed E-state index contributed by atoms with van der Waals surface area (Å²) in [6, 6.07) is 14.8. The van der Waals surface area contributed by atoms with Crippen LogP contribution in [0.4, 0.5) is 0 Å². The first kappa shape index (κ1) is 26.8. The number of aliphatic hydroxyl groups is 1. The molecule has 2 atom stereocenters. The van der Waals surface area contributed by atoms with Crippen molar-refractivity contribution in [2.75, 3.05) is 13.7 Å². The average molecular weight is 464 g/mol. The normalized spacial score (nSPS) is 12.4. The predicted molar refractivity (Wildman–Crippen MR) is 120 cm³/mol. The largest absolute Gasteiger partial charge is 0.478 e. The first-order valence-corrected chi connectivity index (χ1v) is 9.98. The predicted octanol–water partition coefficient (Wildman–Crippen LogP) is 3.09. The molecule has 0 aliphatic heterocycles. The minimum Gasteiger partial charge on any atom is -0.478 e. The molecular weight excluding hydrogens is 438 g/mol. The van der Waals surface area contributed by atoms with E-state index in [0.717, 1.165) is 17.5 Å². The zero-order valence-electron chi connectivity index (χ0n) is 17.7. The zero-order chi connectivity index (χ0) is 24.1. The van der Waals surface area contributed by atoms with Gasteiger partial charge in [0.15, 0.2) is 0 Å². The summed E-state index contributed by atoms with van der Waals surface area (Å²) < 4.78 is 4.68. The summed E-state index contributed by atoms with van der Waals surface area (Å²) in [6.07, 6.45) is 1.31. The third-order valence-electron chi connectivity index (χ3n) is 4.18. The molecule has 0 heterocycles. The highest BCUT2D eigenvalue weighted by Crippen LogP contribution is 2.17. The molecule has 0 bridgehead atoms. The Kier molecular flexibility index (Phi) is 11.7. The Morgan fingerprint density at radius 2 is 1.66 bits per heavy atom. The topological polar surface area (TPSA) is 133 Å². The van der Waals surface area contributed by atoms with Crippen LogP contribution in [-0.4, -0.2) is 52.9 Å². The number of benzene rings is 2. The van der Waals surface area contributed by atoms with Gasteiger partial charge in [-0.1, -0.05) is 35.9 Å². The molecule has 0 amide bonds. The van der Waals surface area contributed by atoms with Gasteiger partial charge in [-0.2, -0.15) is 0 Å². The highest BCUT2D eigenvalue weighted by atomic mass is 35.5. The van der Waals surface area contributed by atoms with E-state index in [1.54, 1.807) is 24.3 Å². The average Bonchev–Trinajstić information content (AvgIpc) is 2.76. The van der Waals surface area contributed by atoms with Crippen LogP contribution in [0.3, 0.4) is 0 Å². The number of hydrogen-bond acceptors (Lipinski definition) is 6. The molecular formula is C23H26ClNO7. The molecule has 0 spiro atoms. The number of aliphatic carboxylic acids is 2. The van der Waals surface area contributed by atoms with Crippen LogP contribution in [0.25, 0.3) is 0 Å². The summed E-state index contributed by atoms with van der Waals surface area (Å²) in [5.41, 5.74) is 2.45. The maximum Gasteiger partial charge on any atom is 0.337 e. The summed E-state index contributed by atoms with van der Waals surface area (Å²) in [6.45, 7) is 2.50. The van der Waals surface area contributed by atoms with Gasteiger partial charge in [0.1, 0.15) is 0 Å². The Hall–Kier alpha value is -3.20. The number of hydrogen-bond donors (Lipinski definition) is 4. The van der Waals surface area contributed by atoms with Gasteiger partial charge in [0.2, 0.25) is 0 Å². The molecule has 0 radical (unpaired) electrons. The lowest BCUT2D eigenvalue weighted by molar-refractivity contribution is -0.134. The Morgan fingerprint density at radius 3 is 2.16 bits per heavy atom. The Bertz CT molecular complexity index is 912. The number of esters is 1. The van der Waals surface area contributed by atoms with E-state index in [1.165, 1.54) is 7.11 Å². The number of methoxy groups -OCH3 is 1. The maximum absolute atomic E-state index is 11.4.